The van der Waals surface area contributed by atoms with E-state index in [4.69, 9.17) is 19.2 Å². The Balaban J connectivity index is 1.86. The molecule has 4 rings (SSSR count). The van der Waals surface area contributed by atoms with Crippen LogP contribution in [0.25, 0.3) is 28.4 Å². The minimum Gasteiger partial charge on any atom is -0.497 e. The van der Waals surface area contributed by atoms with E-state index in [0.29, 0.717) is 17.2 Å². The Hall–Kier alpha value is -3.54. The normalized spacial score (nSPS) is 10.9. The molecule has 0 saturated heterocycles. The van der Waals surface area contributed by atoms with Crippen molar-refractivity contribution in [2.75, 3.05) is 7.11 Å². The predicted octanol–water partition coefficient (Wildman–Crippen LogP) is 3.97. The lowest BCUT2D eigenvalue weighted by Crippen LogP contribution is -1.95. The lowest BCUT2D eigenvalue weighted by atomic mass is 10.1. The van der Waals surface area contributed by atoms with Gasteiger partial charge in [-0.2, -0.15) is 0 Å². The van der Waals surface area contributed by atoms with Crippen LogP contribution < -0.4 is 4.74 Å². The highest BCUT2D eigenvalue weighted by Gasteiger charge is 2.17. The highest BCUT2D eigenvalue weighted by atomic mass is 16.5. The van der Waals surface area contributed by atoms with E-state index >= 15 is 0 Å². The molecule has 0 bridgehead atoms. The molecule has 0 unspecified atom stereocenters. The number of aromatic carboxylic acids is 1. The van der Waals surface area contributed by atoms with E-state index in [1.807, 2.05) is 28.7 Å². The van der Waals surface area contributed by atoms with E-state index in [1.165, 1.54) is 0 Å². The summed E-state index contributed by atoms with van der Waals surface area (Å²) < 4.78 is 12.7. The topological polar surface area (TPSA) is 77.0 Å². The predicted molar refractivity (Wildman–Crippen MR) is 91.8 cm³/mol. The zero-order valence-corrected chi connectivity index (χ0v) is 13.3. The number of aromatic nitrogens is 2. The van der Waals surface area contributed by atoms with Crippen LogP contribution in [0.4, 0.5) is 0 Å². The molecule has 6 nitrogen and oxygen atoms in total. The average Bonchev–Trinajstić information content (AvgIpc) is 3.24. The Morgan fingerprint density at radius 3 is 2.68 bits per heavy atom. The summed E-state index contributed by atoms with van der Waals surface area (Å²) in [5.74, 6) is 0.455. The Morgan fingerprint density at radius 2 is 1.96 bits per heavy atom. The molecule has 2 aromatic heterocycles. The first-order chi connectivity index (χ1) is 12.2. The summed E-state index contributed by atoms with van der Waals surface area (Å²) in [6.07, 6.45) is 3.38. The van der Waals surface area contributed by atoms with E-state index in [1.54, 1.807) is 43.8 Å². The number of hydrogen-bond donors (Lipinski definition) is 1. The first-order valence-corrected chi connectivity index (χ1v) is 7.61. The Morgan fingerprint density at radius 1 is 1.16 bits per heavy atom. The van der Waals surface area contributed by atoms with Crippen molar-refractivity contribution >= 4 is 11.7 Å². The molecule has 2 aromatic carbocycles. The third-order valence-electron chi connectivity index (χ3n) is 3.99. The van der Waals surface area contributed by atoms with Crippen molar-refractivity contribution in [1.82, 2.24) is 9.38 Å². The van der Waals surface area contributed by atoms with Crippen molar-refractivity contribution in [3.63, 3.8) is 0 Å². The Kier molecular flexibility index (Phi) is 3.50. The van der Waals surface area contributed by atoms with Gasteiger partial charge in [-0.25, -0.2) is 9.78 Å². The molecule has 0 aliphatic heterocycles. The van der Waals surface area contributed by atoms with Gasteiger partial charge in [0.25, 0.3) is 0 Å². The number of carboxylic acid groups (broad SMARTS) is 1. The van der Waals surface area contributed by atoms with Gasteiger partial charge in [-0.05, 0) is 24.3 Å². The van der Waals surface area contributed by atoms with Crippen LogP contribution in [0.1, 0.15) is 10.4 Å². The van der Waals surface area contributed by atoms with Crippen molar-refractivity contribution in [1.29, 1.82) is 0 Å². The number of fused-ring (bicyclic) bond motifs is 1. The minimum absolute atomic E-state index is 0.233. The SMILES string of the molecule is COc1cccc(-c2nc(-c3ccc(C(=O)O)cc3)n3ccoc23)c1. The number of benzene rings is 2. The van der Waals surface area contributed by atoms with Gasteiger partial charge in [-0.3, -0.25) is 4.40 Å². The van der Waals surface area contributed by atoms with Crippen LogP contribution in [-0.4, -0.2) is 27.6 Å². The molecule has 0 amide bonds. The molecule has 2 heterocycles. The molecule has 0 saturated carbocycles. The van der Waals surface area contributed by atoms with E-state index in [0.717, 1.165) is 16.9 Å². The molecule has 4 aromatic rings. The van der Waals surface area contributed by atoms with Crippen molar-refractivity contribution in [2.24, 2.45) is 0 Å². The molecular weight excluding hydrogens is 320 g/mol. The number of methoxy groups -OCH3 is 1. The summed E-state index contributed by atoms with van der Waals surface area (Å²) >= 11 is 0. The quantitative estimate of drug-likeness (QED) is 0.611. The summed E-state index contributed by atoms with van der Waals surface area (Å²) in [5.41, 5.74) is 3.22. The fourth-order valence-corrected chi connectivity index (χ4v) is 2.75. The molecule has 6 heteroatoms. The van der Waals surface area contributed by atoms with Gasteiger partial charge in [-0.15, -0.1) is 0 Å². The van der Waals surface area contributed by atoms with E-state index in [-0.39, 0.29) is 5.56 Å². The molecule has 124 valence electrons. The van der Waals surface area contributed by atoms with Gasteiger partial charge < -0.3 is 14.3 Å². The molecule has 0 atom stereocenters. The van der Waals surface area contributed by atoms with Crippen molar-refractivity contribution < 1.29 is 19.1 Å². The zero-order chi connectivity index (χ0) is 17.4. The fourth-order valence-electron chi connectivity index (χ4n) is 2.75. The zero-order valence-electron chi connectivity index (χ0n) is 13.3. The standard InChI is InChI=1S/C19H14N2O4/c1-24-15-4-2-3-14(11-15)16-18-21(9-10-25-18)17(20-16)12-5-7-13(8-6-12)19(22)23/h2-11H,1H3,(H,22,23). The van der Waals surface area contributed by atoms with Crippen LogP contribution in [0.2, 0.25) is 0 Å². The molecular formula is C19H14N2O4. The molecule has 0 radical (unpaired) electrons. The Labute approximate surface area is 142 Å². The van der Waals surface area contributed by atoms with Crippen LogP contribution in [0.5, 0.6) is 5.75 Å². The van der Waals surface area contributed by atoms with E-state index in [9.17, 15) is 4.79 Å². The lowest BCUT2D eigenvalue weighted by molar-refractivity contribution is 0.0697. The average molecular weight is 334 g/mol. The molecule has 0 spiro atoms. The summed E-state index contributed by atoms with van der Waals surface area (Å²) in [7, 11) is 1.62. The largest absolute Gasteiger partial charge is 0.497 e. The van der Waals surface area contributed by atoms with Gasteiger partial charge in [0.15, 0.2) is 0 Å². The van der Waals surface area contributed by atoms with Crippen LogP contribution in [0.15, 0.2) is 65.4 Å². The van der Waals surface area contributed by atoms with Crippen LogP contribution in [-0.2, 0) is 0 Å². The van der Waals surface area contributed by atoms with Gasteiger partial charge in [0.1, 0.15) is 23.5 Å². The summed E-state index contributed by atoms with van der Waals surface area (Å²) in [4.78, 5) is 15.7. The van der Waals surface area contributed by atoms with Gasteiger partial charge in [0.05, 0.1) is 12.7 Å². The van der Waals surface area contributed by atoms with Crippen molar-refractivity contribution in [2.45, 2.75) is 0 Å². The number of imidazole rings is 1. The lowest BCUT2D eigenvalue weighted by Gasteiger charge is -2.01. The summed E-state index contributed by atoms with van der Waals surface area (Å²) in [5, 5.41) is 9.04. The fraction of sp³-hybridized carbons (Fsp3) is 0.0526. The number of rotatable bonds is 4. The minimum atomic E-state index is -0.958. The molecule has 0 aliphatic rings. The van der Waals surface area contributed by atoms with Crippen molar-refractivity contribution in [3.8, 4) is 28.4 Å². The number of hydrogen-bond acceptors (Lipinski definition) is 4. The smallest absolute Gasteiger partial charge is 0.335 e. The van der Waals surface area contributed by atoms with Gasteiger partial charge in [0.2, 0.25) is 5.71 Å². The van der Waals surface area contributed by atoms with E-state index in [2.05, 4.69) is 0 Å². The second-order valence-electron chi connectivity index (χ2n) is 5.48. The third kappa shape index (κ3) is 2.53. The first-order valence-electron chi connectivity index (χ1n) is 7.61. The number of carbonyl (C=O) groups is 1. The number of nitrogens with zero attached hydrogens (tertiary/aromatic N) is 2. The second-order valence-corrected chi connectivity index (χ2v) is 5.48. The summed E-state index contributed by atoms with van der Waals surface area (Å²) in [6, 6.07) is 14.2. The molecule has 25 heavy (non-hydrogen) atoms. The highest BCUT2D eigenvalue weighted by Crippen LogP contribution is 2.31. The second kappa shape index (κ2) is 5.83. The van der Waals surface area contributed by atoms with Crippen LogP contribution >= 0.6 is 0 Å². The summed E-state index contributed by atoms with van der Waals surface area (Å²) in [6.45, 7) is 0. The van der Waals surface area contributed by atoms with Crippen LogP contribution in [0, 0.1) is 0 Å². The van der Waals surface area contributed by atoms with Gasteiger partial charge >= 0.3 is 5.97 Å². The highest BCUT2D eigenvalue weighted by molar-refractivity contribution is 5.88. The Bertz CT molecular complexity index is 1060. The van der Waals surface area contributed by atoms with Crippen LogP contribution in [0.3, 0.4) is 0 Å². The maximum absolute atomic E-state index is 11.0. The number of ether oxygens (including phenoxy) is 1. The van der Waals surface area contributed by atoms with Crippen molar-refractivity contribution in [3.05, 3.63) is 66.6 Å². The van der Waals surface area contributed by atoms with Gasteiger partial charge in [-0.1, -0.05) is 24.3 Å². The molecule has 0 fully saturated rings. The first kappa shape index (κ1) is 15.0. The monoisotopic (exact) mass is 334 g/mol. The molecule has 0 aliphatic carbocycles. The maximum Gasteiger partial charge on any atom is 0.335 e. The third-order valence-corrected chi connectivity index (χ3v) is 3.99. The van der Waals surface area contributed by atoms with Gasteiger partial charge in [0, 0.05) is 17.3 Å². The number of carboxylic acids is 1. The number of oxazole rings is 1. The van der Waals surface area contributed by atoms with E-state index < -0.39 is 5.97 Å². The molecule has 1 N–H and O–H groups in total. The maximum atomic E-state index is 11.0.